The second-order valence-corrected chi connectivity index (χ2v) is 7.46. The molecule has 3 aromatic rings. The van der Waals surface area contributed by atoms with Gasteiger partial charge in [0.2, 0.25) is 0 Å². The third-order valence-electron chi connectivity index (χ3n) is 3.91. The fourth-order valence-electron chi connectivity index (χ4n) is 2.72. The standard InChI is InChI=1S/C16H14F4N4O2S/c1-2-24(15(16(18,19)20)11-3-5-12(17)6-4-11)27(25,26)14-10-23-8-7-21-9-13(23)22-14/h3-10,15H,2H2,1H3/t15-/m1/s1. The summed E-state index contributed by atoms with van der Waals surface area (Å²) in [4.78, 5) is 7.67. The van der Waals surface area contributed by atoms with E-state index in [0.29, 0.717) is 4.31 Å². The molecule has 0 fully saturated rings. The molecule has 0 saturated heterocycles. The minimum absolute atomic E-state index is 0.178. The van der Waals surface area contributed by atoms with Gasteiger partial charge in [0.15, 0.2) is 10.7 Å². The number of imidazole rings is 1. The summed E-state index contributed by atoms with van der Waals surface area (Å²) in [6.45, 7) is 0.827. The van der Waals surface area contributed by atoms with Crippen molar-refractivity contribution >= 4 is 15.7 Å². The quantitative estimate of drug-likeness (QED) is 0.615. The van der Waals surface area contributed by atoms with Crippen molar-refractivity contribution in [2.24, 2.45) is 0 Å². The van der Waals surface area contributed by atoms with Crippen LogP contribution < -0.4 is 0 Å². The number of hydrogen-bond donors (Lipinski definition) is 0. The van der Waals surface area contributed by atoms with Gasteiger partial charge < -0.3 is 4.40 Å². The van der Waals surface area contributed by atoms with Crippen molar-refractivity contribution in [3.63, 3.8) is 0 Å². The first kappa shape index (κ1) is 19.2. The number of alkyl halides is 3. The van der Waals surface area contributed by atoms with Gasteiger partial charge >= 0.3 is 6.18 Å². The summed E-state index contributed by atoms with van der Waals surface area (Å²) in [5.74, 6) is -0.724. The Morgan fingerprint density at radius 1 is 1.22 bits per heavy atom. The van der Waals surface area contributed by atoms with Crippen LogP contribution in [0.25, 0.3) is 5.65 Å². The zero-order chi connectivity index (χ0) is 19.8. The molecule has 0 saturated carbocycles. The Labute approximate surface area is 152 Å². The predicted molar refractivity (Wildman–Crippen MR) is 87.7 cm³/mol. The molecule has 3 rings (SSSR count). The minimum atomic E-state index is -4.92. The zero-order valence-electron chi connectivity index (χ0n) is 13.9. The first-order valence-electron chi connectivity index (χ1n) is 7.77. The van der Waals surface area contributed by atoms with Crippen molar-refractivity contribution < 1.29 is 26.0 Å². The van der Waals surface area contributed by atoms with Crippen LogP contribution in [0.15, 0.2) is 54.1 Å². The van der Waals surface area contributed by atoms with Gasteiger partial charge in [0.25, 0.3) is 10.0 Å². The first-order valence-corrected chi connectivity index (χ1v) is 9.21. The Bertz CT molecular complexity index is 1020. The number of fused-ring (bicyclic) bond motifs is 1. The number of hydrogen-bond acceptors (Lipinski definition) is 4. The monoisotopic (exact) mass is 402 g/mol. The van der Waals surface area contributed by atoms with Gasteiger partial charge in [-0.15, -0.1) is 0 Å². The van der Waals surface area contributed by atoms with Gasteiger partial charge in [-0.05, 0) is 17.7 Å². The van der Waals surface area contributed by atoms with E-state index in [1.807, 2.05) is 0 Å². The molecule has 0 aliphatic carbocycles. The second kappa shape index (κ2) is 6.89. The summed E-state index contributed by atoms with van der Waals surface area (Å²) in [6.07, 6.45) is 0.309. The molecule has 27 heavy (non-hydrogen) atoms. The molecule has 2 aromatic heterocycles. The number of benzene rings is 1. The summed E-state index contributed by atoms with van der Waals surface area (Å²) >= 11 is 0. The fraction of sp³-hybridized carbons (Fsp3) is 0.250. The molecule has 144 valence electrons. The zero-order valence-corrected chi connectivity index (χ0v) is 14.7. The highest BCUT2D eigenvalue weighted by Gasteiger charge is 2.49. The van der Waals surface area contributed by atoms with E-state index < -0.39 is 39.6 Å². The Kier molecular flexibility index (Phi) is 4.91. The molecule has 1 atom stereocenters. The Balaban J connectivity index is 2.12. The number of sulfonamides is 1. The topological polar surface area (TPSA) is 67.6 Å². The summed E-state index contributed by atoms with van der Waals surface area (Å²) in [5, 5.41) is -0.534. The van der Waals surface area contributed by atoms with Crippen LogP contribution in [0, 0.1) is 5.82 Å². The molecule has 0 N–H and O–H groups in total. The lowest BCUT2D eigenvalue weighted by atomic mass is 10.1. The van der Waals surface area contributed by atoms with Crippen molar-refractivity contribution in [3.8, 4) is 0 Å². The van der Waals surface area contributed by atoms with E-state index in [-0.39, 0.29) is 11.2 Å². The molecule has 2 heterocycles. The number of rotatable bonds is 5. The highest BCUT2D eigenvalue weighted by Crippen LogP contribution is 2.40. The van der Waals surface area contributed by atoms with Gasteiger partial charge in [0, 0.05) is 25.1 Å². The van der Waals surface area contributed by atoms with Gasteiger partial charge in [-0.2, -0.15) is 17.5 Å². The molecule has 0 aliphatic rings. The normalized spacial score (nSPS) is 14.0. The average molecular weight is 402 g/mol. The number of aromatic nitrogens is 3. The molecule has 0 aliphatic heterocycles. The minimum Gasteiger partial charge on any atom is -0.303 e. The van der Waals surface area contributed by atoms with Gasteiger partial charge in [0.05, 0.1) is 6.20 Å². The largest absolute Gasteiger partial charge is 0.409 e. The average Bonchev–Trinajstić information content (AvgIpc) is 3.04. The van der Waals surface area contributed by atoms with Crippen molar-refractivity contribution in [2.75, 3.05) is 6.54 Å². The van der Waals surface area contributed by atoms with Crippen LogP contribution in [0.3, 0.4) is 0 Å². The Morgan fingerprint density at radius 2 is 1.89 bits per heavy atom. The second-order valence-electron chi connectivity index (χ2n) is 5.62. The van der Waals surface area contributed by atoms with Gasteiger partial charge in [0.1, 0.15) is 11.9 Å². The molecular formula is C16H14F4N4O2S. The molecule has 0 amide bonds. The summed E-state index contributed by atoms with van der Waals surface area (Å²) in [6, 6.07) is 1.06. The van der Waals surface area contributed by atoms with Crippen LogP contribution in [0.2, 0.25) is 0 Å². The van der Waals surface area contributed by atoms with Crippen molar-refractivity contribution in [3.05, 3.63) is 60.4 Å². The van der Waals surface area contributed by atoms with E-state index in [1.165, 1.54) is 29.9 Å². The van der Waals surface area contributed by atoms with Crippen LogP contribution in [-0.4, -0.2) is 39.8 Å². The molecule has 1 aromatic carbocycles. The molecule has 0 unspecified atom stereocenters. The van der Waals surface area contributed by atoms with Gasteiger partial charge in [-0.25, -0.2) is 17.8 Å². The highest BCUT2D eigenvalue weighted by atomic mass is 32.2. The van der Waals surface area contributed by atoms with Crippen molar-refractivity contribution in [1.29, 1.82) is 0 Å². The van der Waals surface area contributed by atoms with E-state index in [1.54, 1.807) is 0 Å². The van der Waals surface area contributed by atoms with E-state index in [9.17, 15) is 26.0 Å². The Morgan fingerprint density at radius 3 is 2.44 bits per heavy atom. The third-order valence-corrected chi connectivity index (χ3v) is 5.72. The molecular weight excluding hydrogens is 388 g/mol. The molecule has 6 nitrogen and oxygen atoms in total. The lowest BCUT2D eigenvalue weighted by Crippen LogP contribution is -2.42. The number of nitrogens with zero attached hydrogens (tertiary/aromatic N) is 4. The fourth-order valence-corrected chi connectivity index (χ4v) is 4.27. The van der Waals surface area contributed by atoms with Crippen molar-refractivity contribution in [2.45, 2.75) is 24.2 Å². The van der Waals surface area contributed by atoms with E-state index in [0.717, 1.165) is 30.5 Å². The summed E-state index contributed by atoms with van der Waals surface area (Å²) in [7, 11) is -4.59. The first-order chi connectivity index (χ1) is 12.6. The molecule has 11 heteroatoms. The van der Waals surface area contributed by atoms with E-state index in [4.69, 9.17) is 0 Å². The van der Waals surface area contributed by atoms with Crippen LogP contribution in [-0.2, 0) is 10.0 Å². The Hall–Kier alpha value is -2.53. The van der Waals surface area contributed by atoms with Crippen LogP contribution in [0.5, 0.6) is 0 Å². The van der Waals surface area contributed by atoms with E-state index >= 15 is 0 Å². The van der Waals surface area contributed by atoms with Crippen LogP contribution in [0.1, 0.15) is 18.5 Å². The van der Waals surface area contributed by atoms with E-state index in [2.05, 4.69) is 9.97 Å². The summed E-state index contributed by atoms with van der Waals surface area (Å²) in [5.41, 5.74) is -0.211. The number of halogens is 4. The molecule has 0 radical (unpaired) electrons. The maximum Gasteiger partial charge on any atom is 0.409 e. The van der Waals surface area contributed by atoms with Crippen molar-refractivity contribution in [1.82, 2.24) is 18.7 Å². The maximum atomic E-state index is 13.8. The maximum absolute atomic E-state index is 13.8. The SMILES string of the molecule is CCN([C@H](c1ccc(F)cc1)C(F)(F)F)S(=O)(=O)c1cn2ccncc2n1. The van der Waals surface area contributed by atoms with Gasteiger partial charge in [-0.1, -0.05) is 19.1 Å². The lowest BCUT2D eigenvalue weighted by Gasteiger charge is -2.31. The smallest absolute Gasteiger partial charge is 0.303 e. The van der Waals surface area contributed by atoms with Crippen LogP contribution >= 0.6 is 0 Å². The summed E-state index contributed by atoms with van der Waals surface area (Å²) < 4.78 is 81.9. The lowest BCUT2D eigenvalue weighted by molar-refractivity contribution is -0.173. The highest BCUT2D eigenvalue weighted by molar-refractivity contribution is 7.89. The van der Waals surface area contributed by atoms with Crippen LogP contribution in [0.4, 0.5) is 17.6 Å². The van der Waals surface area contributed by atoms with Gasteiger partial charge in [-0.3, -0.25) is 4.98 Å². The molecule has 0 bridgehead atoms. The predicted octanol–water partition coefficient (Wildman–Crippen LogP) is 3.18. The third kappa shape index (κ3) is 3.65. The molecule has 0 spiro atoms.